The van der Waals surface area contributed by atoms with Crippen LogP contribution in [0.15, 0.2) is 48.5 Å². The number of nitrogens with one attached hydrogen (secondary N) is 1. The summed E-state index contributed by atoms with van der Waals surface area (Å²) in [4.78, 5) is 25.4. The number of aromatic hydroxyl groups is 1. The molecule has 22 heavy (non-hydrogen) atoms. The highest BCUT2D eigenvalue weighted by atomic mass is 16.5. The third-order valence-electron chi connectivity index (χ3n) is 3.24. The predicted octanol–water partition coefficient (Wildman–Crippen LogP) is 1.76. The number of anilines is 2. The monoisotopic (exact) mass is 298 g/mol. The number of amides is 2. The number of benzene rings is 2. The first kappa shape index (κ1) is 13.9. The van der Waals surface area contributed by atoms with Crippen molar-refractivity contribution in [1.82, 2.24) is 0 Å². The van der Waals surface area contributed by atoms with Crippen molar-refractivity contribution in [3.05, 3.63) is 48.5 Å². The van der Waals surface area contributed by atoms with Gasteiger partial charge in [-0.15, -0.1) is 0 Å². The fourth-order valence-corrected chi connectivity index (χ4v) is 2.23. The third kappa shape index (κ3) is 2.85. The molecule has 6 nitrogen and oxygen atoms in total. The van der Waals surface area contributed by atoms with Crippen molar-refractivity contribution in [2.75, 3.05) is 23.4 Å². The van der Waals surface area contributed by atoms with E-state index in [-0.39, 0.29) is 30.7 Å². The maximum Gasteiger partial charge on any atom is 0.265 e. The summed E-state index contributed by atoms with van der Waals surface area (Å²) in [7, 11) is 0. The highest BCUT2D eigenvalue weighted by Crippen LogP contribution is 2.34. The highest BCUT2D eigenvalue weighted by Gasteiger charge is 2.27. The predicted molar refractivity (Wildman–Crippen MR) is 81.0 cm³/mol. The highest BCUT2D eigenvalue weighted by molar-refractivity contribution is 6.05. The maximum absolute atomic E-state index is 12.1. The molecule has 0 spiro atoms. The fraction of sp³-hybridized carbons (Fsp3) is 0.125. The van der Waals surface area contributed by atoms with Crippen molar-refractivity contribution in [2.24, 2.45) is 0 Å². The van der Waals surface area contributed by atoms with Gasteiger partial charge in [-0.05, 0) is 24.3 Å². The molecule has 0 saturated carbocycles. The summed E-state index contributed by atoms with van der Waals surface area (Å²) in [6.07, 6.45) is 0. The van der Waals surface area contributed by atoms with Gasteiger partial charge in [0, 0.05) is 11.8 Å². The molecule has 0 aliphatic carbocycles. The molecule has 0 radical (unpaired) electrons. The minimum Gasteiger partial charge on any atom is -0.508 e. The van der Waals surface area contributed by atoms with E-state index in [2.05, 4.69) is 5.32 Å². The first-order chi connectivity index (χ1) is 10.6. The number of hydrogen-bond acceptors (Lipinski definition) is 4. The molecular weight excluding hydrogens is 284 g/mol. The molecular formula is C16H14N2O4. The van der Waals surface area contributed by atoms with E-state index in [0.29, 0.717) is 17.1 Å². The molecule has 6 heteroatoms. The van der Waals surface area contributed by atoms with Crippen LogP contribution in [0, 0.1) is 0 Å². The van der Waals surface area contributed by atoms with Crippen LogP contribution < -0.4 is 15.0 Å². The Hall–Kier alpha value is -3.02. The van der Waals surface area contributed by atoms with Gasteiger partial charge in [0.25, 0.3) is 5.91 Å². The Kier molecular flexibility index (Phi) is 3.65. The van der Waals surface area contributed by atoms with Gasteiger partial charge in [0.05, 0.1) is 5.69 Å². The van der Waals surface area contributed by atoms with E-state index in [1.165, 1.54) is 17.0 Å². The number of carbonyl (C=O) groups excluding carboxylic acids is 2. The van der Waals surface area contributed by atoms with Crippen LogP contribution in [0.2, 0.25) is 0 Å². The Morgan fingerprint density at radius 2 is 2.00 bits per heavy atom. The van der Waals surface area contributed by atoms with Crippen LogP contribution in [0.5, 0.6) is 11.5 Å². The molecule has 0 fully saturated rings. The lowest BCUT2D eigenvalue weighted by molar-refractivity contribution is -0.123. The summed E-state index contributed by atoms with van der Waals surface area (Å²) >= 11 is 0. The number of para-hydroxylation sites is 1. The number of phenols is 1. The average Bonchev–Trinajstić information content (AvgIpc) is 2.51. The van der Waals surface area contributed by atoms with Gasteiger partial charge in [-0.1, -0.05) is 18.2 Å². The van der Waals surface area contributed by atoms with Crippen LogP contribution in [0.1, 0.15) is 0 Å². The summed E-state index contributed by atoms with van der Waals surface area (Å²) in [5.41, 5.74) is 1.05. The molecule has 1 aliphatic rings. The zero-order valence-electron chi connectivity index (χ0n) is 11.7. The summed E-state index contributed by atoms with van der Waals surface area (Å²) in [6.45, 7) is -0.274. The summed E-state index contributed by atoms with van der Waals surface area (Å²) < 4.78 is 5.29. The molecule has 0 aromatic heterocycles. The SMILES string of the molecule is O=C(CN1C(=O)COc2ccc(O)cc21)Nc1ccccc1. The number of rotatable bonds is 3. The van der Waals surface area contributed by atoms with Crippen molar-refractivity contribution in [3.8, 4) is 11.5 Å². The fourth-order valence-electron chi connectivity index (χ4n) is 2.23. The first-order valence-corrected chi connectivity index (χ1v) is 6.74. The van der Waals surface area contributed by atoms with Crippen molar-refractivity contribution in [1.29, 1.82) is 0 Å². The van der Waals surface area contributed by atoms with E-state index < -0.39 is 0 Å². The molecule has 2 aromatic rings. The summed E-state index contributed by atoms with van der Waals surface area (Å²) in [6, 6.07) is 13.4. The van der Waals surface area contributed by atoms with E-state index in [1.54, 1.807) is 18.2 Å². The Balaban J connectivity index is 1.78. The van der Waals surface area contributed by atoms with Gasteiger partial charge >= 0.3 is 0 Å². The van der Waals surface area contributed by atoms with Gasteiger partial charge < -0.3 is 15.2 Å². The van der Waals surface area contributed by atoms with Gasteiger partial charge in [0.15, 0.2) is 6.61 Å². The minimum atomic E-state index is -0.332. The van der Waals surface area contributed by atoms with Gasteiger partial charge in [-0.25, -0.2) is 0 Å². The second-order valence-electron chi connectivity index (χ2n) is 4.83. The Bertz CT molecular complexity index is 715. The molecule has 0 saturated heterocycles. The second kappa shape index (κ2) is 5.77. The molecule has 0 atom stereocenters. The van der Waals surface area contributed by atoms with Crippen molar-refractivity contribution in [3.63, 3.8) is 0 Å². The molecule has 0 unspecified atom stereocenters. The van der Waals surface area contributed by atoms with Crippen LogP contribution >= 0.6 is 0 Å². The van der Waals surface area contributed by atoms with E-state index in [9.17, 15) is 14.7 Å². The number of ether oxygens (including phenoxy) is 1. The lowest BCUT2D eigenvalue weighted by atomic mass is 10.2. The topological polar surface area (TPSA) is 78.9 Å². The third-order valence-corrected chi connectivity index (χ3v) is 3.24. The van der Waals surface area contributed by atoms with Crippen molar-refractivity contribution < 1.29 is 19.4 Å². The van der Waals surface area contributed by atoms with Gasteiger partial charge in [-0.3, -0.25) is 14.5 Å². The van der Waals surface area contributed by atoms with Crippen LogP contribution in [0.25, 0.3) is 0 Å². The molecule has 112 valence electrons. The van der Waals surface area contributed by atoms with Crippen LogP contribution in [-0.2, 0) is 9.59 Å². The second-order valence-corrected chi connectivity index (χ2v) is 4.83. The van der Waals surface area contributed by atoms with Gasteiger partial charge in [0.2, 0.25) is 5.91 Å². The van der Waals surface area contributed by atoms with Crippen LogP contribution in [0.3, 0.4) is 0 Å². The molecule has 2 N–H and O–H groups in total. The molecule has 2 aromatic carbocycles. The molecule has 3 rings (SSSR count). The molecule has 1 aliphatic heterocycles. The summed E-state index contributed by atoms with van der Waals surface area (Å²) in [5.74, 6) is -0.188. The van der Waals surface area contributed by atoms with Gasteiger partial charge in [0.1, 0.15) is 18.0 Å². The van der Waals surface area contributed by atoms with Crippen molar-refractivity contribution >= 4 is 23.2 Å². The normalized spacial score (nSPS) is 13.3. The van der Waals surface area contributed by atoms with Crippen LogP contribution in [-0.4, -0.2) is 30.1 Å². The average molecular weight is 298 g/mol. The zero-order chi connectivity index (χ0) is 15.5. The quantitative estimate of drug-likeness (QED) is 0.905. The molecule has 1 heterocycles. The number of fused-ring (bicyclic) bond motifs is 1. The summed E-state index contributed by atoms with van der Waals surface area (Å²) in [5, 5.41) is 12.3. The molecule has 2 amide bonds. The zero-order valence-corrected chi connectivity index (χ0v) is 11.7. The smallest absolute Gasteiger partial charge is 0.265 e. The minimum absolute atomic E-state index is 0.00511. The van der Waals surface area contributed by atoms with Crippen molar-refractivity contribution in [2.45, 2.75) is 0 Å². The number of hydrogen-bond donors (Lipinski definition) is 2. The van der Waals surface area contributed by atoms with Gasteiger partial charge in [-0.2, -0.15) is 0 Å². The first-order valence-electron chi connectivity index (χ1n) is 6.74. The van der Waals surface area contributed by atoms with E-state index in [0.717, 1.165) is 0 Å². The number of nitrogens with zero attached hydrogens (tertiary/aromatic N) is 1. The largest absolute Gasteiger partial charge is 0.508 e. The standard InChI is InChI=1S/C16H14N2O4/c19-12-6-7-14-13(8-12)18(16(21)10-22-14)9-15(20)17-11-4-2-1-3-5-11/h1-8,19H,9-10H2,(H,17,20). The Labute approximate surface area is 126 Å². The number of carbonyl (C=O) groups is 2. The lowest BCUT2D eigenvalue weighted by Gasteiger charge is -2.28. The van der Waals surface area contributed by atoms with E-state index >= 15 is 0 Å². The maximum atomic E-state index is 12.1. The number of phenolic OH excluding ortho intramolecular Hbond substituents is 1. The molecule has 0 bridgehead atoms. The van der Waals surface area contributed by atoms with E-state index in [4.69, 9.17) is 4.74 Å². The lowest BCUT2D eigenvalue weighted by Crippen LogP contribution is -2.43. The Morgan fingerprint density at radius 3 is 2.77 bits per heavy atom. The Morgan fingerprint density at radius 1 is 1.23 bits per heavy atom. The van der Waals surface area contributed by atoms with E-state index in [1.807, 2.05) is 18.2 Å². The van der Waals surface area contributed by atoms with Crippen LogP contribution in [0.4, 0.5) is 11.4 Å².